The number of amides is 1. The van der Waals surface area contributed by atoms with Crippen molar-refractivity contribution in [1.29, 1.82) is 0 Å². The normalized spacial score (nSPS) is 20.7. The molecular weight excluding hydrogens is 368 g/mol. The summed E-state index contributed by atoms with van der Waals surface area (Å²) >= 11 is 1.84. The van der Waals surface area contributed by atoms with Crippen LogP contribution in [0.15, 0.2) is 47.8 Å². The Kier molecular flexibility index (Phi) is 6.45. The van der Waals surface area contributed by atoms with Crippen LogP contribution in [-0.4, -0.2) is 43.7 Å². The van der Waals surface area contributed by atoms with Crippen molar-refractivity contribution in [2.45, 2.75) is 37.6 Å². The molecule has 0 radical (unpaired) electrons. The molecule has 0 bridgehead atoms. The number of benzene rings is 1. The highest BCUT2D eigenvalue weighted by Gasteiger charge is 2.41. The van der Waals surface area contributed by atoms with Gasteiger partial charge >= 0.3 is 0 Å². The van der Waals surface area contributed by atoms with Gasteiger partial charge in [0.15, 0.2) is 0 Å². The van der Waals surface area contributed by atoms with E-state index in [1.54, 1.807) is 0 Å². The molecule has 2 aliphatic heterocycles. The average Bonchev–Trinajstić information content (AvgIpc) is 3.27. The van der Waals surface area contributed by atoms with Crippen molar-refractivity contribution in [2.75, 3.05) is 32.8 Å². The van der Waals surface area contributed by atoms with E-state index >= 15 is 0 Å². The summed E-state index contributed by atoms with van der Waals surface area (Å²) in [5.41, 5.74) is 0.695. The molecule has 2 aromatic rings. The van der Waals surface area contributed by atoms with Gasteiger partial charge in [0.25, 0.3) is 0 Å². The second-order valence-electron chi connectivity index (χ2n) is 8.07. The number of piperidine rings is 1. The van der Waals surface area contributed by atoms with Gasteiger partial charge in [-0.3, -0.25) is 9.69 Å². The van der Waals surface area contributed by atoms with Crippen molar-refractivity contribution in [1.82, 2.24) is 10.2 Å². The lowest BCUT2D eigenvalue weighted by molar-refractivity contribution is -0.130. The molecular formula is C23H30N2O2S. The van der Waals surface area contributed by atoms with Crippen molar-refractivity contribution < 1.29 is 9.53 Å². The highest BCUT2D eigenvalue weighted by atomic mass is 32.1. The van der Waals surface area contributed by atoms with Crippen LogP contribution >= 0.6 is 11.3 Å². The zero-order valence-electron chi connectivity index (χ0n) is 16.4. The molecule has 3 heterocycles. The van der Waals surface area contributed by atoms with Crippen LogP contribution in [0.2, 0.25) is 0 Å². The number of nitrogens with zero attached hydrogens (tertiary/aromatic N) is 1. The van der Waals surface area contributed by atoms with Gasteiger partial charge in [-0.2, -0.15) is 0 Å². The van der Waals surface area contributed by atoms with Crippen molar-refractivity contribution in [3.63, 3.8) is 0 Å². The largest absolute Gasteiger partial charge is 0.381 e. The van der Waals surface area contributed by atoms with Gasteiger partial charge in [0.2, 0.25) is 5.91 Å². The van der Waals surface area contributed by atoms with Crippen molar-refractivity contribution >= 4 is 17.2 Å². The predicted molar refractivity (Wildman–Crippen MR) is 114 cm³/mol. The highest BCUT2D eigenvalue weighted by Crippen LogP contribution is 2.35. The fraction of sp³-hybridized carbons (Fsp3) is 0.522. The molecule has 4 nitrogen and oxygen atoms in total. The van der Waals surface area contributed by atoms with Gasteiger partial charge in [-0.25, -0.2) is 0 Å². The van der Waals surface area contributed by atoms with Gasteiger partial charge in [-0.1, -0.05) is 36.4 Å². The molecule has 150 valence electrons. The third-order valence-corrected chi connectivity index (χ3v) is 7.19. The molecule has 2 saturated heterocycles. The van der Waals surface area contributed by atoms with Crippen LogP contribution < -0.4 is 5.32 Å². The molecule has 4 rings (SSSR count). The van der Waals surface area contributed by atoms with Gasteiger partial charge in [0.1, 0.15) is 0 Å². The Morgan fingerprint density at radius 1 is 1.11 bits per heavy atom. The number of likely N-dealkylation sites (tertiary alicyclic amines) is 1. The number of carbonyl (C=O) groups excluding carboxylic acids is 1. The maximum Gasteiger partial charge on any atom is 0.230 e. The zero-order chi connectivity index (χ0) is 19.2. The van der Waals surface area contributed by atoms with Crippen molar-refractivity contribution in [3.8, 4) is 0 Å². The first-order valence-corrected chi connectivity index (χ1v) is 11.3. The summed E-state index contributed by atoms with van der Waals surface area (Å²) in [4.78, 5) is 17.2. The first-order chi connectivity index (χ1) is 13.8. The van der Waals surface area contributed by atoms with Crippen LogP contribution in [-0.2, 0) is 21.5 Å². The molecule has 0 atom stereocenters. The first-order valence-electron chi connectivity index (χ1n) is 10.4. The maximum atomic E-state index is 13.3. The van der Waals surface area contributed by atoms with Gasteiger partial charge in [-0.05, 0) is 61.7 Å². The quantitative estimate of drug-likeness (QED) is 0.804. The third kappa shape index (κ3) is 4.48. The fourth-order valence-corrected chi connectivity index (χ4v) is 5.25. The standard InChI is InChI=1S/C23H30N2O2S/c26-22(23(10-14-27-15-11-23)20-5-2-1-3-6-20)24-17-19-8-12-25(13-9-19)18-21-7-4-16-28-21/h1-7,16,19H,8-15,17-18H2,(H,24,26). The smallest absolute Gasteiger partial charge is 0.230 e. The summed E-state index contributed by atoms with van der Waals surface area (Å²) in [5.74, 6) is 0.763. The Morgan fingerprint density at radius 2 is 1.86 bits per heavy atom. The van der Waals surface area contributed by atoms with Crippen LogP contribution in [0.1, 0.15) is 36.1 Å². The predicted octanol–water partition coefficient (Wildman–Crippen LogP) is 3.82. The summed E-state index contributed by atoms with van der Waals surface area (Å²) in [5, 5.41) is 5.46. The minimum Gasteiger partial charge on any atom is -0.381 e. The second kappa shape index (κ2) is 9.21. The summed E-state index contributed by atoms with van der Waals surface area (Å²) in [7, 11) is 0. The maximum absolute atomic E-state index is 13.3. The van der Waals surface area contributed by atoms with Crippen LogP contribution in [0.25, 0.3) is 0 Å². The van der Waals surface area contributed by atoms with Gasteiger partial charge in [0, 0.05) is 31.2 Å². The molecule has 0 saturated carbocycles. The number of rotatable bonds is 6. The second-order valence-corrected chi connectivity index (χ2v) is 9.10. The molecule has 0 aliphatic carbocycles. The Hall–Kier alpha value is -1.69. The molecule has 2 aliphatic rings. The van der Waals surface area contributed by atoms with E-state index in [-0.39, 0.29) is 5.91 Å². The molecule has 2 fully saturated rings. The van der Waals surface area contributed by atoms with E-state index < -0.39 is 5.41 Å². The van der Waals surface area contributed by atoms with E-state index in [9.17, 15) is 4.79 Å². The van der Waals surface area contributed by atoms with Crippen LogP contribution in [0.3, 0.4) is 0 Å². The van der Waals surface area contributed by atoms with E-state index in [4.69, 9.17) is 4.74 Å². The highest BCUT2D eigenvalue weighted by molar-refractivity contribution is 7.09. The Labute approximate surface area is 171 Å². The lowest BCUT2D eigenvalue weighted by atomic mass is 9.73. The van der Waals surface area contributed by atoms with E-state index in [1.165, 1.54) is 4.88 Å². The molecule has 1 aromatic heterocycles. The molecule has 1 amide bonds. The summed E-state index contributed by atoms with van der Waals surface area (Å²) in [6, 6.07) is 14.6. The number of ether oxygens (including phenoxy) is 1. The number of hydrogen-bond acceptors (Lipinski definition) is 4. The average molecular weight is 399 g/mol. The Morgan fingerprint density at radius 3 is 2.54 bits per heavy atom. The lowest BCUT2D eigenvalue weighted by Gasteiger charge is -2.37. The zero-order valence-corrected chi connectivity index (χ0v) is 17.3. The van der Waals surface area contributed by atoms with Crippen LogP contribution in [0, 0.1) is 5.92 Å². The Bertz CT molecular complexity index is 733. The van der Waals surface area contributed by atoms with Crippen molar-refractivity contribution in [2.24, 2.45) is 5.92 Å². The van der Waals surface area contributed by atoms with Crippen LogP contribution in [0.4, 0.5) is 0 Å². The summed E-state index contributed by atoms with van der Waals surface area (Å²) < 4.78 is 5.56. The summed E-state index contributed by atoms with van der Waals surface area (Å²) in [6.07, 6.45) is 3.85. The van der Waals surface area contributed by atoms with Crippen molar-refractivity contribution in [3.05, 3.63) is 58.3 Å². The minimum atomic E-state index is -0.431. The molecule has 0 spiro atoms. The lowest BCUT2D eigenvalue weighted by Crippen LogP contribution is -2.49. The SMILES string of the molecule is O=C(NCC1CCN(Cc2cccs2)CC1)C1(c2ccccc2)CCOCC1. The minimum absolute atomic E-state index is 0.183. The number of carbonyl (C=O) groups is 1. The number of hydrogen-bond donors (Lipinski definition) is 1. The van der Waals surface area contributed by atoms with Crippen LogP contribution in [0.5, 0.6) is 0 Å². The molecule has 28 heavy (non-hydrogen) atoms. The van der Waals surface area contributed by atoms with E-state index in [1.807, 2.05) is 29.5 Å². The summed E-state index contributed by atoms with van der Waals surface area (Å²) in [6.45, 7) is 5.41. The molecule has 1 aromatic carbocycles. The molecule has 1 N–H and O–H groups in total. The topological polar surface area (TPSA) is 41.6 Å². The van der Waals surface area contributed by atoms with E-state index in [0.717, 1.165) is 57.4 Å². The monoisotopic (exact) mass is 398 g/mol. The molecule has 5 heteroatoms. The number of thiophene rings is 1. The van der Waals surface area contributed by atoms with Gasteiger partial charge < -0.3 is 10.1 Å². The van der Waals surface area contributed by atoms with Gasteiger partial charge in [0.05, 0.1) is 5.41 Å². The van der Waals surface area contributed by atoms with Gasteiger partial charge in [-0.15, -0.1) is 11.3 Å². The van der Waals surface area contributed by atoms with E-state index in [0.29, 0.717) is 19.1 Å². The first kappa shape index (κ1) is 19.6. The fourth-order valence-electron chi connectivity index (χ4n) is 4.50. The third-order valence-electron chi connectivity index (χ3n) is 6.33. The Balaban J connectivity index is 1.31. The molecule has 0 unspecified atom stereocenters. The number of nitrogens with one attached hydrogen (secondary N) is 1. The van der Waals surface area contributed by atoms with E-state index in [2.05, 4.69) is 39.9 Å².